The van der Waals surface area contributed by atoms with E-state index in [2.05, 4.69) is 0 Å². The number of aliphatic carboxylic acids is 1. The number of aryl methyl sites for hydroxylation is 4. The van der Waals surface area contributed by atoms with Gasteiger partial charge >= 0.3 is 5.63 Å². The van der Waals surface area contributed by atoms with Gasteiger partial charge in [0.05, 0.1) is 0 Å². The van der Waals surface area contributed by atoms with Gasteiger partial charge in [-0.1, -0.05) is 0 Å². The number of benzene rings is 1. The zero-order chi connectivity index (χ0) is 22.4. The van der Waals surface area contributed by atoms with Crippen LogP contribution in [0.1, 0.15) is 47.3 Å². The van der Waals surface area contributed by atoms with Crippen molar-refractivity contribution in [1.29, 1.82) is 0 Å². The number of carboxylic acids is 1. The first-order valence-electron chi connectivity index (χ1n) is 10.6. The van der Waals surface area contributed by atoms with Crippen LogP contribution in [0.4, 0.5) is 0 Å². The fraction of sp³-hybridized carbons (Fsp3) is 0.458. The van der Waals surface area contributed by atoms with Crippen LogP contribution in [0.25, 0.3) is 21.9 Å². The Labute approximate surface area is 179 Å². The number of hydrogen-bond acceptors (Lipinski definition) is 6. The molecule has 0 spiro atoms. The molecule has 164 valence electrons. The molecule has 0 aliphatic carbocycles. The Bertz CT molecular complexity index is 1270. The number of rotatable bonds is 4. The van der Waals surface area contributed by atoms with Crippen molar-refractivity contribution in [2.45, 2.75) is 53.4 Å². The van der Waals surface area contributed by atoms with Crippen molar-refractivity contribution in [3.05, 3.63) is 44.5 Å². The van der Waals surface area contributed by atoms with E-state index >= 15 is 0 Å². The van der Waals surface area contributed by atoms with E-state index < -0.39 is 17.5 Å². The number of hydrogen-bond donors (Lipinski definition) is 0. The summed E-state index contributed by atoms with van der Waals surface area (Å²) in [6, 6.07) is 1.99. The van der Waals surface area contributed by atoms with Crippen molar-refractivity contribution in [2.24, 2.45) is 5.92 Å². The van der Waals surface area contributed by atoms with Gasteiger partial charge in [-0.15, -0.1) is 0 Å². The van der Waals surface area contributed by atoms with E-state index in [1.165, 1.54) is 0 Å². The molecule has 7 heteroatoms. The normalized spacial score (nSPS) is 16.9. The summed E-state index contributed by atoms with van der Waals surface area (Å²) >= 11 is 0. The average molecular weight is 424 g/mol. The van der Waals surface area contributed by atoms with E-state index in [0.29, 0.717) is 30.5 Å². The third kappa shape index (κ3) is 3.62. The maximum atomic E-state index is 12.7. The summed E-state index contributed by atoms with van der Waals surface area (Å²) < 4.78 is 11.5. The molecular weight excluding hydrogens is 398 g/mol. The molecule has 1 saturated heterocycles. The van der Waals surface area contributed by atoms with Crippen molar-refractivity contribution in [3.8, 4) is 0 Å². The van der Waals surface area contributed by atoms with Gasteiger partial charge in [-0.3, -0.25) is 4.79 Å². The molecule has 1 amide bonds. The summed E-state index contributed by atoms with van der Waals surface area (Å²) in [5.41, 5.74) is 3.89. The van der Waals surface area contributed by atoms with Gasteiger partial charge in [-0.2, -0.15) is 0 Å². The molecule has 0 N–H and O–H groups in total. The van der Waals surface area contributed by atoms with Gasteiger partial charge < -0.3 is 23.6 Å². The lowest BCUT2D eigenvalue weighted by atomic mass is 9.96. The highest BCUT2D eigenvalue weighted by molar-refractivity contribution is 6.00. The van der Waals surface area contributed by atoms with Crippen LogP contribution < -0.4 is 10.7 Å². The first-order valence-corrected chi connectivity index (χ1v) is 10.6. The smallest absolute Gasteiger partial charge is 0.339 e. The fourth-order valence-electron chi connectivity index (χ4n) is 4.57. The molecule has 1 aliphatic heterocycles. The van der Waals surface area contributed by atoms with Crippen LogP contribution >= 0.6 is 0 Å². The van der Waals surface area contributed by atoms with Crippen molar-refractivity contribution in [1.82, 2.24) is 4.90 Å². The number of fused-ring (bicyclic) bond motifs is 2. The predicted octanol–water partition coefficient (Wildman–Crippen LogP) is 2.69. The van der Waals surface area contributed by atoms with Crippen LogP contribution in [0.5, 0.6) is 0 Å². The van der Waals surface area contributed by atoms with Gasteiger partial charge in [-0.25, -0.2) is 4.79 Å². The van der Waals surface area contributed by atoms with Gasteiger partial charge in [-0.05, 0) is 64.2 Å². The minimum Gasteiger partial charge on any atom is -0.550 e. The SMILES string of the molecule is Cc1oc2c(C)c3oc(=O)c(CCC(=O)N4CCC[C@@H](C(=O)[O-])C4)c(C)c3cc2c1C. The molecule has 3 heterocycles. The van der Waals surface area contributed by atoms with E-state index in [1.807, 2.05) is 33.8 Å². The Morgan fingerprint density at radius 3 is 2.45 bits per heavy atom. The number of carbonyl (C=O) groups excluding carboxylic acids is 2. The Balaban J connectivity index is 1.64. The van der Waals surface area contributed by atoms with Gasteiger partial charge in [0, 0.05) is 53.3 Å². The van der Waals surface area contributed by atoms with E-state index in [9.17, 15) is 19.5 Å². The standard InChI is InChI=1S/C24H27NO6/c1-12-15(4)30-21-14(3)22-19(10-18(12)21)13(2)17(24(29)31-22)7-8-20(26)25-9-5-6-16(11-25)23(27)28/h10,16H,5-9,11H2,1-4H3,(H,27,28)/p-1/t16-/m1/s1. The Morgan fingerprint density at radius 2 is 1.74 bits per heavy atom. The molecule has 1 aliphatic rings. The van der Waals surface area contributed by atoms with Crippen LogP contribution in [-0.4, -0.2) is 29.9 Å². The lowest BCUT2D eigenvalue weighted by molar-refractivity contribution is -0.312. The summed E-state index contributed by atoms with van der Waals surface area (Å²) in [7, 11) is 0. The van der Waals surface area contributed by atoms with Crippen LogP contribution in [0, 0.1) is 33.6 Å². The molecule has 2 aromatic heterocycles. The zero-order valence-corrected chi connectivity index (χ0v) is 18.3. The molecule has 0 unspecified atom stereocenters. The lowest BCUT2D eigenvalue weighted by Gasteiger charge is -2.33. The number of carbonyl (C=O) groups is 2. The van der Waals surface area contributed by atoms with Crippen LogP contribution in [0.15, 0.2) is 19.7 Å². The molecule has 1 atom stereocenters. The van der Waals surface area contributed by atoms with E-state index in [-0.39, 0.29) is 25.3 Å². The predicted molar refractivity (Wildman–Crippen MR) is 114 cm³/mol. The van der Waals surface area contributed by atoms with Gasteiger partial charge in [0.15, 0.2) is 0 Å². The van der Waals surface area contributed by atoms with Crippen molar-refractivity contribution < 1.29 is 23.5 Å². The topological polar surface area (TPSA) is 104 Å². The quantitative estimate of drug-likeness (QED) is 0.597. The highest BCUT2D eigenvalue weighted by Crippen LogP contribution is 2.34. The number of nitrogens with zero attached hydrogens (tertiary/aromatic N) is 1. The largest absolute Gasteiger partial charge is 0.550 e. The minimum absolute atomic E-state index is 0.127. The van der Waals surface area contributed by atoms with Crippen LogP contribution in [0.2, 0.25) is 0 Å². The summed E-state index contributed by atoms with van der Waals surface area (Å²) in [4.78, 5) is 38.1. The lowest BCUT2D eigenvalue weighted by Crippen LogP contribution is -2.46. The molecule has 0 radical (unpaired) electrons. The molecular formula is C24H26NO6-. The van der Waals surface area contributed by atoms with Crippen LogP contribution in [-0.2, 0) is 16.0 Å². The van der Waals surface area contributed by atoms with E-state index in [1.54, 1.807) is 4.90 Å². The fourth-order valence-corrected chi connectivity index (χ4v) is 4.57. The van der Waals surface area contributed by atoms with E-state index in [0.717, 1.165) is 38.8 Å². The van der Waals surface area contributed by atoms with Crippen molar-refractivity contribution >= 4 is 33.8 Å². The summed E-state index contributed by atoms with van der Waals surface area (Å²) in [6.07, 6.45) is 1.54. The van der Waals surface area contributed by atoms with Gasteiger partial charge in [0.2, 0.25) is 5.91 Å². The van der Waals surface area contributed by atoms with Crippen molar-refractivity contribution in [3.63, 3.8) is 0 Å². The van der Waals surface area contributed by atoms with Crippen molar-refractivity contribution in [2.75, 3.05) is 13.1 Å². The summed E-state index contributed by atoms with van der Waals surface area (Å²) in [5.74, 6) is -1.07. The molecule has 7 nitrogen and oxygen atoms in total. The molecule has 0 bridgehead atoms. The highest BCUT2D eigenvalue weighted by Gasteiger charge is 2.25. The molecule has 0 saturated carbocycles. The second-order valence-corrected chi connectivity index (χ2v) is 8.53. The second kappa shape index (κ2) is 7.87. The Kier molecular flexibility index (Phi) is 5.37. The van der Waals surface area contributed by atoms with E-state index in [4.69, 9.17) is 8.83 Å². The molecule has 31 heavy (non-hydrogen) atoms. The van der Waals surface area contributed by atoms with Gasteiger partial charge in [0.25, 0.3) is 0 Å². The third-order valence-electron chi connectivity index (χ3n) is 6.64. The number of carboxylic acid groups (broad SMARTS) is 1. The Hall–Kier alpha value is -3.09. The minimum atomic E-state index is -1.12. The maximum absolute atomic E-state index is 12.7. The van der Waals surface area contributed by atoms with Crippen LogP contribution in [0.3, 0.4) is 0 Å². The molecule has 1 aromatic carbocycles. The van der Waals surface area contributed by atoms with Gasteiger partial charge in [0.1, 0.15) is 16.9 Å². The number of amides is 1. The molecule has 4 rings (SSSR count). The number of furan rings is 1. The highest BCUT2D eigenvalue weighted by atomic mass is 16.4. The Morgan fingerprint density at radius 1 is 1.06 bits per heavy atom. The number of likely N-dealkylation sites (tertiary alicyclic amines) is 1. The second-order valence-electron chi connectivity index (χ2n) is 8.53. The monoisotopic (exact) mass is 424 g/mol. The first-order chi connectivity index (χ1) is 14.7. The average Bonchev–Trinajstić information content (AvgIpc) is 3.03. The zero-order valence-electron chi connectivity index (χ0n) is 18.3. The maximum Gasteiger partial charge on any atom is 0.339 e. The summed E-state index contributed by atoms with van der Waals surface area (Å²) in [6.45, 7) is 8.36. The first kappa shape index (κ1) is 21.2. The summed E-state index contributed by atoms with van der Waals surface area (Å²) in [5, 5.41) is 13.0. The molecule has 1 fully saturated rings. The number of piperidine rings is 1. The molecule has 3 aromatic rings. The third-order valence-corrected chi connectivity index (χ3v) is 6.64.